The Labute approximate surface area is 239 Å². The van der Waals surface area contributed by atoms with E-state index in [4.69, 9.17) is 14.2 Å². The minimum Gasteiger partial charge on any atom is -0.451 e. The van der Waals surface area contributed by atoms with Crippen LogP contribution < -0.4 is 0 Å². The summed E-state index contributed by atoms with van der Waals surface area (Å²) in [6, 6.07) is 7.73. The third-order valence-electron chi connectivity index (χ3n) is 6.34. The van der Waals surface area contributed by atoms with Crippen molar-refractivity contribution in [2.24, 2.45) is 4.99 Å². The molecule has 1 aromatic heterocycles. The van der Waals surface area contributed by atoms with Gasteiger partial charge >= 0.3 is 5.97 Å². The van der Waals surface area contributed by atoms with Crippen molar-refractivity contribution in [3.8, 4) is 0 Å². The molecule has 1 aliphatic rings. The van der Waals surface area contributed by atoms with Gasteiger partial charge in [-0.2, -0.15) is 5.10 Å². The topological polar surface area (TPSA) is 87.8 Å². The molecule has 2 heterocycles. The van der Waals surface area contributed by atoms with Crippen LogP contribution in [-0.4, -0.2) is 57.5 Å². The fraction of sp³-hybridized carbons (Fsp3) is 0.310. The Hall–Kier alpha value is -3.74. The van der Waals surface area contributed by atoms with Crippen molar-refractivity contribution in [2.75, 3.05) is 13.2 Å². The van der Waals surface area contributed by atoms with Crippen LogP contribution in [0.4, 0.5) is 18.9 Å². The fourth-order valence-electron chi connectivity index (χ4n) is 4.40. The summed E-state index contributed by atoms with van der Waals surface area (Å²) in [4.78, 5) is 19.9. The Morgan fingerprint density at radius 1 is 1.22 bits per heavy atom. The number of esters is 1. The van der Waals surface area contributed by atoms with Gasteiger partial charge in [0.25, 0.3) is 0 Å². The molecular formula is C29H29F3N4O4S. The maximum absolute atomic E-state index is 15.2. The number of rotatable bonds is 11. The number of halogens is 3. The van der Waals surface area contributed by atoms with Crippen molar-refractivity contribution in [1.82, 2.24) is 14.8 Å². The molecule has 0 saturated carbocycles. The van der Waals surface area contributed by atoms with Crippen LogP contribution in [0.15, 0.2) is 72.3 Å². The summed E-state index contributed by atoms with van der Waals surface area (Å²) in [7, 11) is 0. The molecule has 3 aromatic rings. The van der Waals surface area contributed by atoms with E-state index in [0.717, 1.165) is 12.1 Å². The van der Waals surface area contributed by atoms with Crippen molar-refractivity contribution in [3.05, 3.63) is 95.9 Å². The molecule has 0 spiro atoms. The van der Waals surface area contributed by atoms with Crippen LogP contribution >= 0.6 is 11.8 Å². The van der Waals surface area contributed by atoms with E-state index in [1.54, 1.807) is 43.4 Å². The number of hydrogen-bond acceptors (Lipinski definition) is 8. The summed E-state index contributed by atoms with van der Waals surface area (Å²) in [6.07, 6.45) is 8.80. The number of carbonyl (C=O) groups is 1. The molecule has 0 amide bonds. The van der Waals surface area contributed by atoms with Crippen LogP contribution in [0, 0.1) is 17.5 Å². The van der Waals surface area contributed by atoms with E-state index in [1.807, 2.05) is 0 Å². The van der Waals surface area contributed by atoms with Crippen molar-refractivity contribution >= 4 is 36.2 Å². The zero-order chi connectivity index (χ0) is 29.4. The molecule has 1 saturated heterocycles. The Morgan fingerprint density at radius 2 is 2.00 bits per heavy atom. The molecule has 216 valence electrons. The van der Waals surface area contributed by atoms with Crippen LogP contribution in [0.25, 0.3) is 6.08 Å². The average Bonchev–Trinajstić information content (AvgIpc) is 3.45. The number of allylic oxidation sites excluding steroid dienone is 2. The lowest BCUT2D eigenvalue weighted by atomic mass is 9.89. The maximum atomic E-state index is 15.2. The van der Waals surface area contributed by atoms with E-state index >= 15 is 4.39 Å². The van der Waals surface area contributed by atoms with E-state index in [1.165, 1.54) is 48.2 Å². The Morgan fingerprint density at radius 3 is 2.63 bits per heavy atom. The molecule has 2 aromatic carbocycles. The second-order valence-electron chi connectivity index (χ2n) is 9.24. The molecule has 0 aliphatic carbocycles. The van der Waals surface area contributed by atoms with Gasteiger partial charge in [-0.25, -0.2) is 22.8 Å². The standard InChI is InChI=1S/C29H29F3N4O4S/c1-19(29(40-20(2)37,16-36-18-34-17-35-36)25-11-9-22(30)12-27(25)32)41-24-14-38-28(39-15-24)7-5-4-6-21-8-10-23(33-3)13-26(21)31/h4-13,17-19,24,28H,3,14-16H2,1-2H3/b6-4+,7-5+. The lowest BCUT2D eigenvalue weighted by Gasteiger charge is -2.40. The molecule has 4 rings (SSSR count). The second-order valence-corrected chi connectivity index (χ2v) is 10.9. The summed E-state index contributed by atoms with van der Waals surface area (Å²) < 4.78 is 61.9. The van der Waals surface area contributed by atoms with Gasteiger partial charge in [0.05, 0.1) is 30.7 Å². The molecule has 2 atom stereocenters. The maximum Gasteiger partial charge on any atom is 0.303 e. The third-order valence-corrected chi connectivity index (χ3v) is 7.79. The van der Waals surface area contributed by atoms with Crippen molar-refractivity contribution < 1.29 is 32.2 Å². The van der Waals surface area contributed by atoms with Crippen LogP contribution in [0.2, 0.25) is 0 Å². The van der Waals surface area contributed by atoms with Crippen LogP contribution in [0.3, 0.4) is 0 Å². The number of benzene rings is 2. The minimum absolute atomic E-state index is 0.0154. The fourth-order valence-corrected chi connectivity index (χ4v) is 5.76. The molecule has 1 aliphatic heterocycles. The number of ether oxygens (including phenoxy) is 3. The highest BCUT2D eigenvalue weighted by atomic mass is 32.2. The first-order valence-corrected chi connectivity index (χ1v) is 13.6. The third kappa shape index (κ3) is 7.72. The minimum atomic E-state index is -1.54. The van der Waals surface area contributed by atoms with Crippen LogP contribution in [0.5, 0.6) is 0 Å². The number of carbonyl (C=O) groups excluding carboxylic acids is 1. The molecule has 41 heavy (non-hydrogen) atoms. The summed E-state index contributed by atoms with van der Waals surface area (Å²) in [5, 5.41) is 3.38. The lowest BCUT2D eigenvalue weighted by molar-refractivity contribution is -0.160. The second kappa shape index (κ2) is 13.7. The van der Waals surface area contributed by atoms with Crippen molar-refractivity contribution in [2.45, 2.75) is 42.8 Å². The van der Waals surface area contributed by atoms with Gasteiger partial charge in [-0.1, -0.05) is 18.2 Å². The van der Waals surface area contributed by atoms with Gasteiger partial charge in [0.15, 0.2) is 11.9 Å². The molecule has 0 bridgehead atoms. The summed E-state index contributed by atoms with van der Waals surface area (Å²) in [5.74, 6) is -2.64. The summed E-state index contributed by atoms with van der Waals surface area (Å²) in [6.45, 7) is 6.94. The number of hydrogen-bond donors (Lipinski definition) is 0. The molecule has 0 radical (unpaired) electrons. The molecular weight excluding hydrogens is 557 g/mol. The number of aliphatic imine (C=N–C) groups is 1. The molecule has 8 nitrogen and oxygen atoms in total. The first kappa shape index (κ1) is 30.2. The number of aromatic nitrogens is 3. The molecule has 12 heteroatoms. The number of nitrogens with zero attached hydrogens (tertiary/aromatic N) is 4. The summed E-state index contributed by atoms with van der Waals surface area (Å²) >= 11 is 1.39. The Bertz CT molecular complexity index is 1410. The van der Waals surface area contributed by atoms with Crippen LogP contribution in [-0.2, 0) is 31.2 Å². The SMILES string of the molecule is C=Nc1ccc(/C=C/C=C/C2OCC(SC(C)C(Cn3cncn3)(OC(C)=O)c3ccc(F)cc3F)CO2)c(F)c1. The van der Waals surface area contributed by atoms with E-state index < -0.39 is 40.6 Å². The van der Waals surface area contributed by atoms with E-state index in [9.17, 15) is 13.6 Å². The Balaban J connectivity index is 1.44. The quantitative estimate of drug-likeness (QED) is 0.164. The predicted octanol–water partition coefficient (Wildman–Crippen LogP) is 5.62. The monoisotopic (exact) mass is 586 g/mol. The lowest BCUT2D eigenvalue weighted by Crippen LogP contribution is -2.47. The van der Waals surface area contributed by atoms with Crippen molar-refractivity contribution in [3.63, 3.8) is 0 Å². The smallest absolute Gasteiger partial charge is 0.303 e. The Kier molecular flexibility index (Phi) is 10.1. The highest BCUT2D eigenvalue weighted by Crippen LogP contribution is 2.42. The van der Waals surface area contributed by atoms with Crippen molar-refractivity contribution in [1.29, 1.82) is 0 Å². The molecule has 1 fully saturated rings. The zero-order valence-electron chi connectivity index (χ0n) is 22.5. The van der Waals surface area contributed by atoms with Gasteiger partial charge in [0, 0.05) is 35.4 Å². The van der Waals surface area contributed by atoms with Crippen LogP contribution in [0.1, 0.15) is 25.0 Å². The van der Waals surface area contributed by atoms with Gasteiger partial charge in [-0.3, -0.25) is 9.79 Å². The first-order chi connectivity index (χ1) is 19.7. The number of thioether (sulfide) groups is 1. The average molecular weight is 587 g/mol. The van der Waals surface area contributed by atoms with Gasteiger partial charge in [0.2, 0.25) is 0 Å². The normalized spacial score (nSPS) is 19.7. The predicted molar refractivity (Wildman–Crippen MR) is 150 cm³/mol. The first-order valence-electron chi connectivity index (χ1n) is 12.7. The van der Waals surface area contributed by atoms with Gasteiger partial charge in [-0.05, 0) is 44.0 Å². The van der Waals surface area contributed by atoms with E-state index in [2.05, 4.69) is 21.8 Å². The van der Waals surface area contributed by atoms with Gasteiger partial charge < -0.3 is 14.2 Å². The highest BCUT2D eigenvalue weighted by molar-refractivity contribution is 8.00. The summed E-state index contributed by atoms with van der Waals surface area (Å²) in [5.41, 5.74) is -0.676. The molecule has 0 N–H and O–H groups in total. The van der Waals surface area contributed by atoms with E-state index in [0.29, 0.717) is 24.5 Å². The molecule has 2 unspecified atom stereocenters. The zero-order valence-corrected chi connectivity index (χ0v) is 23.3. The van der Waals surface area contributed by atoms with Gasteiger partial charge in [-0.15, -0.1) is 11.8 Å². The largest absolute Gasteiger partial charge is 0.451 e. The highest BCUT2D eigenvalue weighted by Gasteiger charge is 2.46. The van der Waals surface area contributed by atoms with E-state index in [-0.39, 0.29) is 17.4 Å². The van der Waals surface area contributed by atoms with Gasteiger partial charge in [0.1, 0.15) is 30.1 Å².